The molecule has 1 fully saturated rings. The summed E-state index contributed by atoms with van der Waals surface area (Å²) in [5, 5.41) is 9.61. The maximum Gasteiger partial charge on any atom is 0.253 e. The van der Waals surface area contributed by atoms with Crippen molar-refractivity contribution in [2.24, 2.45) is 0 Å². The van der Waals surface area contributed by atoms with Gasteiger partial charge in [-0.15, -0.1) is 0 Å². The number of hydrogen-bond donors (Lipinski definition) is 1. The van der Waals surface area contributed by atoms with Crippen molar-refractivity contribution in [3.63, 3.8) is 0 Å². The van der Waals surface area contributed by atoms with Crippen molar-refractivity contribution in [2.75, 3.05) is 27.2 Å². The molecule has 3 rings (SSSR count). The highest BCUT2D eigenvalue weighted by Gasteiger charge is 2.27. The second kappa shape index (κ2) is 10.9. The average Bonchev–Trinajstić information content (AvgIpc) is 2.78. The molecule has 5 heteroatoms. The molecular formula is C25H33ClN2O2. The Hall–Kier alpha value is -1.88. The molecule has 2 aromatic rings. The van der Waals surface area contributed by atoms with Crippen LogP contribution in [0, 0.1) is 0 Å². The fraction of sp³-hybridized carbons (Fsp3) is 0.480. The van der Waals surface area contributed by atoms with Gasteiger partial charge in [0.1, 0.15) is 0 Å². The Morgan fingerprint density at radius 1 is 1.00 bits per heavy atom. The van der Waals surface area contributed by atoms with E-state index in [0.717, 1.165) is 45.2 Å². The third-order valence-corrected chi connectivity index (χ3v) is 6.51. The first-order chi connectivity index (χ1) is 14.5. The summed E-state index contributed by atoms with van der Waals surface area (Å²) < 4.78 is 0. The highest BCUT2D eigenvalue weighted by molar-refractivity contribution is 6.30. The summed E-state index contributed by atoms with van der Waals surface area (Å²) in [4.78, 5) is 16.9. The van der Waals surface area contributed by atoms with E-state index >= 15 is 0 Å². The number of halogens is 1. The Balaban J connectivity index is 1.51. The highest BCUT2D eigenvalue weighted by Crippen LogP contribution is 2.35. The Kier molecular flexibility index (Phi) is 8.32. The molecule has 0 spiro atoms. The lowest BCUT2D eigenvalue weighted by Gasteiger charge is -2.35. The van der Waals surface area contributed by atoms with Crippen LogP contribution in [0.4, 0.5) is 0 Å². The summed E-state index contributed by atoms with van der Waals surface area (Å²) in [5.74, 6) is 0.645. The minimum Gasteiger partial charge on any atom is -0.396 e. The molecule has 0 saturated heterocycles. The first kappa shape index (κ1) is 22.8. The normalized spacial score (nSPS) is 19.1. The van der Waals surface area contributed by atoms with Gasteiger partial charge in [-0.25, -0.2) is 0 Å². The lowest BCUT2D eigenvalue weighted by Crippen LogP contribution is -2.39. The second-order valence-corrected chi connectivity index (χ2v) is 8.92. The van der Waals surface area contributed by atoms with Crippen LogP contribution in [0.3, 0.4) is 0 Å². The van der Waals surface area contributed by atoms with Crippen molar-refractivity contribution in [1.29, 1.82) is 0 Å². The number of carbonyl (C=O) groups is 1. The van der Waals surface area contributed by atoms with Gasteiger partial charge in [0.15, 0.2) is 0 Å². The maximum atomic E-state index is 12.8. The van der Waals surface area contributed by atoms with Crippen LogP contribution >= 0.6 is 11.6 Å². The molecule has 2 aromatic carbocycles. The van der Waals surface area contributed by atoms with E-state index in [9.17, 15) is 4.79 Å². The van der Waals surface area contributed by atoms with Gasteiger partial charge < -0.3 is 14.9 Å². The van der Waals surface area contributed by atoms with Gasteiger partial charge in [-0.2, -0.15) is 0 Å². The number of nitrogens with zero attached hydrogens (tertiary/aromatic N) is 2. The smallest absolute Gasteiger partial charge is 0.253 e. The van der Waals surface area contributed by atoms with Crippen molar-refractivity contribution >= 4 is 17.5 Å². The Bertz CT molecular complexity index is 799. The van der Waals surface area contributed by atoms with Crippen LogP contribution < -0.4 is 0 Å². The summed E-state index contributed by atoms with van der Waals surface area (Å²) in [5.41, 5.74) is 3.41. The summed E-state index contributed by atoms with van der Waals surface area (Å²) >= 11 is 5.94. The number of benzene rings is 2. The third kappa shape index (κ3) is 6.07. The molecular weight excluding hydrogens is 396 g/mol. The molecule has 0 aliphatic heterocycles. The zero-order valence-electron chi connectivity index (χ0n) is 18.1. The minimum atomic E-state index is 0.0739. The van der Waals surface area contributed by atoms with Crippen molar-refractivity contribution in [2.45, 2.75) is 50.6 Å². The van der Waals surface area contributed by atoms with E-state index in [4.69, 9.17) is 16.7 Å². The fourth-order valence-electron chi connectivity index (χ4n) is 4.38. The van der Waals surface area contributed by atoms with E-state index in [-0.39, 0.29) is 12.5 Å². The molecule has 30 heavy (non-hydrogen) atoms. The number of amides is 1. The zero-order chi connectivity index (χ0) is 21.5. The Labute approximate surface area is 185 Å². The van der Waals surface area contributed by atoms with Crippen LogP contribution in [0.25, 0.3) is 0 Å². The van der Waals surface area contributed by atoms with Gasteiger partial charge in [-0.1, -0.05) is 35.9 Å². The van der Waals surface area contributed by atoms with Crippen LogP contribution in [-0.4, -0.2) is 54.1 Å². The molecule has 0 unspecified atom stereocenters. The molecule has 0 bridgehead atoms. The molecule has 162 valence electrons. The quantitative estimate of drug-likeness (QED) is 0.646. The van der Waals surface area contributed by atoms with Crippen molar-refractivity contribution in [1.82, 2.24) is 9.80 Å². The van der Waals surface area contributed by atoms with Gasteiger partial charge >= 0.3 is 0 Å². The maximum absolute atomic E-state index is 12.8. The van der Waals surface area contributed by atoms with E-state index in [0.29, 0.717) is 22.5 Å². The highest BCUT2D eigenvalue weighted by atomic mass is 35.5. The van der Waals surface area contributed by atoms with Crippen molar-refractivity contribution in [3.8, 4) is 0 Å². The second-order valence-electron chi connectivity index (χ2n) is 8.48. The van der Waals surface area contributed by atoms with Gasteiger partial charge in [0.05, 0.1) is 0 Å². The van der Waals surface area contributed by atoms with Crippen LogP contribution in [0.1, 0.15) is 59.5 Å². The van der Waals surface area contributed by atoms with E-state index in [1.54, 1.807) is 24.3 Å². The molecule has 0 atom stereocenters. The third-order valence-electron chi connectivity index (χ3n) is 6.26. The number of aliphatic hydroxyl groups is 1. The fourth-order valence-corrected chi connectivity index (χ4v) is 4.51. The molecule has 4 nitrogen and oxygen atoms in total. The first-order valence-electron chi connectivity index (χ1n) is 10.9. The van der Waals surface area contributed by atoms with Gasteiger partial charge in [0.2, 0.25) is 0 Å². The topological polar surface area (TPSA) is 43.8 Å². The Morgan fingerprint density at radius 3 is 2.23 bits per heavy atom. The zero-order valence-corrected chi connectivity index (χ0v) is 18.8. The van der Waals surface area contributed by atoms with E-state index < -0.39 is 0 Å². The molecule has 0 heterocycles. The summed E-state index contributed by atoms with van der Waals surface area (Å²) in [6.45, 7) is 2.06. The molecule has 1 amide bonds. The number of hydrogen-bond acceptors (Lipinski definition) is 3. The molecule has 0 radical (unpaired) electrons. The predicted octanol–water partition coefficient (Wildman–Crippen LogP) is 4.95. The van der Waals surface area contributed by atoms with E-state index in [2.05, 4.69) is 36.2 Å². The monoisotopic (exact) mass is 428 g/mol. The van der Waals surface area contributed by atoms with E-state index in [1.807, 2.05) is 11.9 Å². The predicted molar refractivity (Wildman–Crippen MR) is 123 cm³/mol. The summed E-state index contributed by atoms with van der Waals surface area (Å²) in [6.07, 6.45) is 5.10. The lowest BCUT2D eigenvalue weighted by molar-refractivity contribution is 0.0689. The number of carbonyl (C=O) groups excluding carboxylic acids is 1. The standard InChI is InChI=1S/C25H33ClN2O2/c1-27(16-3-17-29)18-19-4-6-20(7-5-19)21-10-14-24(15-11-21)28(2)25(30)22-8-12-23(26)13-9-22/h4-9,12-13,21,24,29H,3,10-11,14-18H2,1-2H3. The molecule has 1 saturated carbocycles. The van der Waals surface area contributed by atoms with Crippen LogP contribution in [0.2, 0.25) is 5.02 Å². The SMILES string of the molecule is CN(CCCO)Cc1ccc(C2CCC(N(C)C(=O)c3ccc(Cl)cc3)CC2)cc1. The number of rotatable bonds is 8. The van der Waals surface area contributed by atoms with Crippen molar-refractivity contribution in [3.05, 3.63) is 70.2 Å². The first-order valence-corrected chi connectivity index (χ1v) is 11.3. The van der Waals surface area contributed by atoms with Crippen molar-refractivity contribution < 1.29 is 9.90 Å². The molecule has 1 N–H and O–H groups in total. The van der Waals surface area contributed by atoms with Gasteiger partial charge in [-0.05, 0) is 80.5 Å². The van der Waals surface area contributed by atoms with Gasteiger partial charge in [-0.3, -0.25) is 4.79 Å². The largest absolute Gasteiger partial charge is 0.396 e. The summed E-state index contributed by atoms with van der Waals surface area (Å²) in [6, 6.07) is 16.4. The number of aliphatic hydroxyl groups excluding tert-OH is 1. The lowest BCUT2D eigenvalue weighted by atomic mass is 9.81. The average molecular weight is 429 g/mol. The summed E-state index contributed by atoms with van der Waals surface area (Å²) in [7, 11) is 4.01. The Morgan fingerprint density at radius 2 is 1.63 bits per heavy atom. The van der Waals surface area contributed by atoms with Crippen LogP contribution in [0.5, 0.6) is 0 Å². The molecule has 0 aromatic heterocycles. The molecule has 1 aliphatic carbocycles. The van der Waals surface area contributed by atoms with Crippen LogP contribution in [-0.2, 0) is 6.54 Å². The van der Waals surface area contributed by atoms with Gasteiger partial charge in [0, 0.05) is 43.4 Å². The van der Waals surface area contributed by atoms with Gasteiger partial charge in [0.25, 0.3) is 5.91 Å². The van der Waals surface area contributed by atoms with E-state index in [1.165, 1.54) is 11.1 Å². The molecule has 1 aliphatic rings. The van der Waals surface area contributed by atoms with Crippen LogP contribution in [0.15, 0.2) is 48.5 Å². The minimum absolute atomic E-state index is 0.0739.